The summed E-state index contributed by atoms with van der Waals surface area (Å²) in [6.45, 7) is 6.61. The van der Waals surface area contributed by atoms with E-state index in [1.807, 2.05) is 17.0 Å². The zero-order valence-electron chi connectivity index (χ0n) is 18.8. The van der Waals surface area contributed by atoms with E-state index in [0.717, 1.165) is 31.6 Å². The normalized spacial score (nSPS) is 24.3. The van der Waals surface area contributed by atoms with Gasteiger partial charge >= 0.3 is 0 Å². The smallest absolute Gasteiger partial charge is 0.238 e. The van der Waals surface area contributed by atoms with Gasteiger partial charge in [-0.25, -0.2) is 9.97 Å². The molecule has 1 fully saturated rings. The Balaban J connectivity index is 1.39. The zero-order chi connectivity index (χ0) is 21.8. The Morgan fingerprint density at radius 2 is 1.77 bits per heavy atom. The number of fused-ring (bicyclic) bond motifs is 1. The van der Waals surface area contributed by atoms with Gasteiger partial charge in [-0.05, 0) is 70.2 Å². The van der Waals surface area contributed by atoms with Crippen molar-refractivity contribution in [3.63, 3.8) is 0 Å². The minimum Gasteiger partial charge on any atom is -0.384 e. The number of piperidine rings is 1. The van der Waals surface area contributed by atoms with E-state index in [4.69, 9.17) is 5.73 Å². The standard InChI is InChI=1S/C25H35N5O/c1-18-9-8-10-19(2)29(18)15-6-3-7-16-30-22-12-5-4-11-20(22)17-21(25(30)31)24-27-14-13-23(26)28-24/h4-5,11-14,18-19,21H,3,6-10,15-17H2,1-2H3,(H2,26,27,28)/t18-,19?,21?/m0/s1. The maximum Gasteiger partial charge on any atom is 0.238 e. The molecule has 3 heterocycles. The van der Waals surface area contributed by atoms with E-state index in [2.05, 4.69) is 40.8 Å². The highest BCUT2D eigenvalue weighted by Crippen LogP contribution is 2.34. The predicted octanol–water partition coefficient (Wildman–Crippen LogP) is 4.16. The Labute approximate surface area is 185 Å². The Hall–Kier alpha value is -2.47. The zero-order valence-corrected chi connectivity index (χ0v) is 18.8. The van der Waals surface area contributed by atoms with Crippen LogP contribution in [0.2, 0.25) is 0 Å². The van der Waals surface area contributed by atoms with E-state index < -0.39 is 0 Å². The van der Waals surface area contributed by atoms with Crippen LogP contribution in [0.4, 0.5) is 11.5 Å². The third-order valence-electron chi connectivity index (χ3n) is 6.95. The van der Waals surface area contributed by atoms with Crippen LogP contribution in [0, 0.1) is 0 Å². The Morgan fingerprint density at radius 3 is 2.55 bits per heavy atom. The molecule has 0 saturated carbocycles. The second kappa shape index (κ2) is 9.77. The van der Waals surface area contributed by atoms with Gasteiger partial charge in [-0.1, -0.05) is 31.0 Å². The fourth-order valence-corrected chi connectivity index (χ4v) is 5.21. The fourth-order valence-electron chi connectivity index (χ4n) is 5.21. The summed E-state index contributed by atoms with van der Waals surface area (Å²) in [4.78, 5) is 26.7. The Bertz CT molecular complexity index is 891. The lowest BCUT2D eigenvalue weighted by atomic mass is 9.90. The van der Waals surface area contributed by atoms with Crippen molar-refractivity contribution in [3.8, 4) is 0 Å². The molecule has 1 saturated heterocycles. The minimum absolute atomic E-state index is 0.0857. The molecule has 6 nitrogen and oxygen atoms in total. The van der Waals surface area contributed by atoms with Crippen LogP contribution in [0.1, 0.15) is 69.7 Å². The summed E-state index contributed by atoms with van der Waals surface area (Å²) in [7, 11) is 0. The van der Waals surface area contributed by atoms with Gasteiger partial charge in [0.25, 0.3) is 0 Å². The first-order chi connectivity index (χ1) is 15.0. The number of likely N-dealkylation sites (tertiary alicyclic amines) is 1. The van der Waals surface area contributed by atoms with E-state index in [1.165, 1.54) is 31.2 Å². The number of aromatic nitrogens is 2. The monoisotopic (exact) mass is 421 g/mol. The number of carbonyl (C=O) groups is 1. The van der Waals surface area contributed by atoms with E-state index >= 15 is 0 Å². The number of unbranched alkanes of at least 4 members (excludes halogenated alkanes) is 2. The molecule has 3 atom stereocenters. The summed E-state index contributed by atoms with van der Waals surface area (Å²) in [5.74, 6) is 0.651. The average Bonchev–Trinajstić information content (AvgIpc) is 2.76. The van der Waals surface area contributed by atoms with Crippen molar-refractivity contribution in [2.75, 3.05) is 23.7 Å². The van der Waals surface area contributed by atoms with Gasteiger partial charge in [-0.3, -0.25) is 9.69 Å². The van der Waals surface area contributed by atoms with Crippen molar-refractivity contribution in [1.29, 1.82) is 0 Å². The summed E-state index contributed by atoms with van der Waals surface area (Å²) in [5, 5.41) is 0. The number of nitrogens with zero attached hydrogens (tertiary/aromatic N) is 4. The number of carbonyl (C=O) groups excluding carboxylic acids is 1. The van der Waals surface area contributed by atoms with Crippen molar-refractivity contribution >= 4 is 17.4 Å². The van der Waals surface area contributed by atoms with Gasteiger partial charge in [0, 0.05) is 30.5 Å². The molecule has 4 rings (SSSR count). The highest BCUT2D eigenvalue weighted by Gasteiger charge is 2.35. The van der Waals surface area contributed by atoms with Gasteiger partial charge in [0.05, 0.1) is 0 Å². The number of hydrogen-bond acceptors (Lipinski definition) is 5. The van der Waals surface area contributed by atoms with Crippen LogP contribution in [0.15, 0.2) is 36.5 Å². The maximum absolute atomic E-state index is 13.4. The summed E-state index contributed by atoms with van der Waals surface area (Å²) < 4.78 is 0. The van der Waals surface area contributed by atoms with Gasteiger partial charge in [-0.2, -0.15) is 0 Å². The molecule has 1 aromatic carbocycles. The third kappa shape index (κ3) is 4.90. The lowest BCUT2D eigenvalue weighted by Gasteiger charge is -2.39. The van der Waals surface area contributed by atoms with Crippen molar-refractivity contribution in [1.82, 2.24) is 14.9 Å². The van der Waals surface area contributed by atoms with Crippen LogP contribution < -0.4 is 10.6 Å². The summed E-state index contributed by atoms with van der Waals surface area (Å²) in [5.41, 5.74) is 8.06. The molecule has 6 heteroatoms. The second-order valence-electron chi connectivity index (χ2n) is 9.14. The molecule has 2 unspecified atom stereocenters. The number of nitrogen functional groups attached to an aromatic ring is 1. The first kappa shape index (κ1) is 21.8. The number of rotatable bonds is 7. The summed E-state index contributed by atoms with van der Waals surface area (Å²) in [6.07, 6.45) is 9.56. The van der Waals surface area contributed by atoms with Crippen molar-refractivity contribution in [2.45, 2.75) is 76.8 Å². The van der Waals surface area contributed by atoms with E-state index in [0.29, 0.717) is 30.1 Å². The number of benzene rings is 1. The van der Waals surface area contributed by atoms with Crippen LogP contribution in [-0.2, 0) is 11.2 Å². The van der Waals surface area contributed by atoms with Crippen LogP contribution in [0.3, 0.4) is 0 Å². The van der Waals surface area contributed by atoms with Crippen molar-refractivity contribution in [2.24, 2.45) is 0 Å². The lowest BCUT2D eigenvalue weighted by Crippen LogP contribution is -2.44. The number of amides is 1. The first-order valence-corrected chi connectivity index (χ1v) is 11.8. The van der Waals surface area contributed by atoms with Crippen molar-refractivity contribution < 1.29 is 4.79 Å². The predicted molar refractivity (Wildman–Crippen MR) is 125 cm³/mol. The molecule has 0 radical (unpaired) electrons. The molecule has 166 valence electrons. The largest absolute Gasteiger partial charge is 0.384 e. The molecule has 1 amide bonds. The van der Waals surface area contributed by atoms with Gasteiger partial charge < -0.3 is 10.6 Å². The van der Waals surface area contributed by atoms with Crippen LogP contribution >= 0.6 is 0 Å². The average molecular weight is 422 g/mol. The number of para-hydroxylation sites is 1. The number of hydrogen-bond donors (Lipinski definition) is 1. The lowest BCUT2D eigenvalue weighted by molar-refractivity contribution is -0.120. The van der Waals surface area contributed by atoms with E-state index in [1.54, 1.807) is 12.3 Å². The Kier molecular flexibility index (Phi) is 6.86. The molecule has 31 heavy (non-hydrogen) atoms. The highest BCUT2D eigenvalue weighted by atomic mass is 16.2. The van der Waals surface area contributed by atoms with Gasteiger partial charge in [0.2, 0.25) is 5.91 Å². The number of anilines is 2. The Morgan fingerprint density at radius 1 is 1.03 bits per heavy atom. The fraction of sp³-hybridized carbons (Fsp3) is 0.560. The van der Waals surface area contributed by atoms with Gasteiger partial charge in [-0.15, -0.1) is 0 Å². The van der Waals surface area contributed by atoms with Crippen LogP contribution in [-0.4, -0.2) is 45.9 Å². The minimum atomic E-state index is -0.367. The summed E-state index contributed by atoms with van der Waals surface area (Å²) in [6, 6.07) is 11.2. The molecule has 1 aromatic heterocycles. The molecule has 2 aliphatic heterocycles. The molecule has 2 aromatic rings. The molecular weight excluding hydrogens is 386 g/mol. The maximum atomic E-state index is 13.4. The SMILES string of the molecule is CC1CCC[C@H](C)N1CCCCCN1C(=O)C(c2nccc(N)n2)Cc2ccccc21. The topological polar surface area (TPSA) is 75.3 Å². The third-order valence-corrected chi connectivity index (χ3v) is 6.95. The molecule has 0 aliphatic carbocycles. The summed E-state index contributed by atoms with van der Waals surface area (Å²) >= 11 is 0. The van der Waals surface area contributed by atoms with Crippen molar-refractivity contribution in [3.05, 3.63) is 47.9 Å². The quantitative estimate of drug-likeness (QED) is 0.679. The molecule has 0 bridgehead atoms. The molecular formula is C25H35N5O. The van der Waals surface area contributed by atoms with E-state index in [9.17, 15) is 4.79 Å². The molecule has 0 spiro atoms. The first-order valence-electron chi connectivity index (χ1n) is 11.8. The highest BCUT2D eigenvalue weighted by molar-refractivity contribution is 6.00. The van der Waals surface area contributed by atoms with Crippen LogP contribution in [0.5, 0.6) is 0 Å². The van der Waals surface area contributed by atoms with Crippen LogP contribution in [0.25, 0.3) is 0 Å². The molecule has 2 N–H and O–H groups in total. The van der Waals surface area contributed by atoms with Gasteiger partial charge in [0.1, 0.15) is 17.6 Å². The van der Waals surface area contributed by atoms with Gasteiger partial charge in [0.15, 0.2) is 0 Å². The molecule has 2 aliphatic rings. The number of nitrogens with two attached hydrogens (primary N) is 1. The van der Waals surface area contributed by atoms with E-state index in [-0.39, 0.29) is 11.8 Å². The second-order valence-corrected chi connectivity index (χ2v) is 9.14.